The van der Waals surface area contributed by atoms with Crippen molar-refractivity contribution in [3.8, 4) is 0 Å². The normalized spacial score (nSPS) is 13.0. The molecule has 0 radical (unpaired) electrons. The molecule has 0 amide bonds. The first-order valence-electron chi connectivity index (χ1n) is 7.38. The van der Waals surface area contributed by atoms with Crippen molar-refractivity contribution < 1.29 is 14.7 Å². The summed E-state index contributed by atoms with van der Waals surface area (Å²) in [6.07, 6.45) is 2.88. The van der Waals surface area contributed by atoms with Gasteiger partial charge in [-0.3, -0.25) is 14.2 Å². The standard InChI is InChI=1S/C16H17NO3.HN3/c1-10-5-7-14-12(9-10)11(6-8-16(19)20)13-3-2-4-15(18)17(13)14;1-3-2/h5,7,9H,2-4,6,8H2,1H3,(H,19,20);1H. The van der Waals surface area contributed by atoms with Crippen LogP contribution in [0.25, 0.3) is 21.3 Å². The van der Waals surface area contributed by atoms with E-state index in [-0.39, 0.29) is 12.3 Å². The summed E-state index contributed by atoms with van der Waals surface area (Å²) >= 11 is 0. The minimum atomic E-state index is -0.798. The summed E-state index contributed by atoms with van der Waals surface area (Å²) in [5.74, 6) is -0.672. The van der Waals surface area contributed by atoms with E-state index in [1.807, 2.05) is 19.1 Å². The molecule has 0 saturated heterocycles. The first kappa shape index (κ1) is 16.6. The van der Waals surface area contributed by atoms with Crippen molar-refractivity contribution in [1.29, 1.82) is 5.53 Å². The van der Waals surface area contributed by atoms with E-state index in [9.17, 15) is 9.59 Å². The lowest BCUT2D eigenvalue weighted by Crippen LogP contribution is -2.19. The highest BCUT2D eigenvalue weighted by Crippen LogP contribution is 2.32. The lowest BCUT2D eigenvalue weighted by molar-refractivity contribution is -0.136. The molecule has 1 aliphatic rings. The summed E-state index contributed by atoms with van der Waals surface area (Å²) in [6, 6.07) is 6.03. The van der Waals surface area contributed by atoms with Gasteiger partial charge in [-0.05, 0) is 54.3 Å². The maximum Gasteiger partial charge on any atom is 0.303 e. The molecule has 0 bridgehead atoms. The lowest BCUT2D eigenvalue weighted by Gasteiger charge is -2.15. The smallest absolute Gasteiger partial charge is 0.303 e. The van der Waals surface area contributed by atoms with Gasteiger partial charge in [-0.2, -0.15) is 0 Å². The molecule has 2 N–H and O–H groups in total. The van der Waals surface area contributed by atoms with Crippen molar-refractivity contribution in [3.63, 3.8) is 0 Å². The number of aryl methyl sites for hydroxylation is 2. The van der Waals surface area contributed by atoms with Crippen LogP contribution in [0, 0.1) is 12.5 Å². The fourth-order valence-corrected chi connectivity index (χ4v) is 3.10. The number of fused-ring (bicyclic) bond motifs is 3. The fraction of sp³-hybridized carbons (Fsp3) is 0.375. The molecule has 7 heteroatoms. The Labute approximate surface area is 132 Å². The highest BCUT2D eigenvalue weighted by atomic mass is 16.4. The SMILES string of the molecule is Cc1ccc2c(c1)c(CCC(=O)O)c1n2C(=O)CCC1.[N-]=[N+]=N. The molecule has 7 nitrogen and oxygen atoms in total. The maximum atomic E-state index is 12.2. The van der Waals surface area contributed by atoms with E-state index < -0.39 is 5.97 Å². The van der Waals surface area contributed by atoms with Crippen LogP contribution in [0.15, 0.2) is 18.2 Å². The van der Waals surface area contributed by atoms with Gasteiger partial charge in [0.25, 0.3) is 0 Å². The average molecular weight is 314 g/mol. The van der Waals surface area contributed by atoms with Crippen molar-refractivity contribution in [3.05, 3.63) is 45.5 Å². The van der Waals surface area contributed by atoms with Crippen molar-refractivity contribution in [2.75, 3.05) is 0 Å². The predicted molar refractivity (Wildman–Crippen MR) is 85.6 cm³/mol. The highest BCUT2D eigenvalue weighted by molar-refractivity contribution is 5.97. The molecule has 2 aromatic rings. The first-order valence-corrected chi connectivity index (χ1v) is 7.38. The number of carbonyl (C=O) groups is 2. The topological polar surface area (TPSA) is 120 Å². The van der Waals surface area contributed by atoms with Gasteiger partial charge in [-0.15, -0.1) is 5.53 Å². The Bertz CT molecular complexity index is 801. The Hall–Kier alpha value is -2.79. The van der Waals surface area contributed by atoms with Gasteiger partial charge in [0.05, 0.1) is 5.52 Å². The van der Waals surface area contributed by atoms with Gasteiger partial charge in [0, 0.05) is 23.9 Å². The second-order valence-corrected chi connectivity index (χ2v) is 5.52. The lowest BCUT2D eigenvalue weighted by atomic mass is 10.0. The van der Waals surface area contributed by atoms with Crippen LogP contribution in [-0.4, -0.2) is 21.6 Å². The van der Waals surface area contributed by atoms with Gasteiger partial charge < -0.3 is 5.11 Å². The molecule has 0 atom stereocenters. The Morgan fingerprint density at radius 2 is 2.13 bits per heavy atom. The third-order valence-electron chi connectivity index (χ3n) is 3.98. The Morgan fingerprint density at radius 3 is 2.78 bits per heavy atom. The zero-order valence-corrected chi connectivity index (χ0v) is 12.9. The van der Waals surface area contributed by atoms with E-state index in [1.165, 1.54) is 0 Å². The Kier molecular flexibility index (Phi) is 5.03. The predicted octanol–water partition coefficient (Wildman–Crippen LogP) is 3.82. The van der Waals surface area contributed by atoms with Crippen LogP contribution < -0.4 is 0 Å². The third-order valence-corrected chi connectivity index (χ3v) is 3.98. The second kappa shape index (κ2) is 6.98. The van der Waals surface area contributed by atoms with Crippen LogP contribution in [0.1, 0.15) is 40.9 Å². The average Bonchev–Trinajstić information content (AvgIpc) is 2.80. The summed E-state index contributed by atoms with van der Waals surface area (Å²) < 4.78 is 1.80. The number of benzene rings is 1. The molecule has 23 heavy (non-hydrogen) atoms. The number of hydrogen-bond donors (Lipinski definition) is 2. The molecule has 0 fully saturated rings. The summed E-state index contributed by atoms with van der Waals surface area (Å²) in [5.41, 5.74) is 16.4. The maximum absolute atomic E-state index is 12.2. The third kappa shape index (κ3) is 3.35. The number of nitrogens with one attached hydrogen (secondary N) is 1. The quantitative estimate of drug-likeness (QED) is 0.509. The van der Waals surface area contributed by atoms with Gasteiger partial charge >= 0.3 is 5.97 Å². The zero-order valence-electron chi connectivity index (χ0n) is 12.9. The second-order valence-electron chi connectivity index (χ2n) is 5.52. The van der Waals surface area contributed by atoms with Crippen molar-refractivity contribution in [2.24, 2.45) is 0 Å². The number of aromatic nitrogens is 1. The van der Waals surface area contributed by atoms with Crippen molar-refractivity contribution in [2.45, 2.75) is 39.0 Å². The van der Waals surface area contributed by atoms with Crippen LogP contribution in [0.5, 0.6) is 0 Å². The molecule has 1 aromatic heterocycles. The number of nitrogens with zero attached hydrogens (tertiary/aromatic N) is 3. The van der Waals surface area contributed by atoms with Crippen LogP contribution in [0.2, 0.25) is 0 Å². The van der Waals surface area contributed by atoms with E-state index in [2.05, 4.69) is 6.07 Å². The first-order chi connectivity index (χ1) is 11.0. The number of carboxylic acids is 1. The minimum absolute atomic E-state index is 0.105. The number of hydrogen-bond acceptors (Lipinski definition) is 3. The van der Waals surface area contributed by atoms with Crippen LogP contribution in [0.3, 0.4) is 0 Å². The van der Waals surface area contributed by atoms with Gasteiger partial charge in [-0.25, -0.2) is 0 Å². The van der Waals surface area contributed by atoms with Crippen LogP contribution in [0.4, 0.5) is 0 Å². The minimum Gasteiger partial charge on any atom is -0.481 e. The monoisotopic (exact) mass is 314 g/mol. The van der Waals surface area contributed by atoms with E-state index in [4.69, 9.17) is 16.2 Å². The molecule has 0 saturated carbocycles. The van der Waals surface area contributed by atoms with Gasteiger partial charge in [0.2, 0.25) is 5.91 Å². The summed E-state index contributed by atoms with van der Waals surface area (Å²) in [6.45, 7) is 2.01. The molecule has 0 unspecified atom stereocenters. The van der Waals surface area contributed by atoms with E-state index in [0.29, 0.717) is 12.8 Å². The molecular formula is C16H18N4O3. The van der Waals surface area contributed by atoms with E-state index in [0.717, 1.165) is 40.6 Å². The zero-order chi connectivity index (χ0) is 17.0. The van der Waals surface area contributed by atoms with Crippen LogP contribution >= 0.6 is 0 Å². The highest BCUT2D eigenvalue weighted by Gasteiger charge is 2.24. The number of carboxylic acid groups (broad SMARTS) is 1. The molecule has 2 heterocycles. The largest absolute Gasteiger partial charge is 0.481 e. The molecule has 1 aliphatic heterocycles. The molecule has 1 aromatic carbocycles. The Morgan fingerprint density at radius 1 is 1.43 bits per heavy atom. The molecule has 120 valence electrons. The Balaban J connectivity index is 0.000000595. The molecule has 3 rings (SSSR count). The summed E-state index contributed by atoms with van der Waals surface area (Å²) in [7, 11) is 0. The van der Waals surface area contributed by atoms with Gasteiger partial charge in [0.1, 0.15) is 0 Å². The van der Waals surface area contributed by atoms with Crippen molar-refractivity contribution >= 4 is 22.8 Å². The fourth-order valence-electron chi connectivity index (χ4n) is 3.10. The van der Waals surface area contributed by atoms with Crippen molar-refractivity contribution in [1.82, 2.24) is 4.57 Å². The van der Waals surface area contributed by atoms with Gasteiger partial charge in [0.15, 0.2) is 0 Å². The van der Waals surface area contributed by atoms with Crippen LogP contribution in [-0.2, 0) is 17.6 Å². The van der Waals surface area contributed by atoms with Gasteiger partial charge in [-0.1, -0.05) is 11.6 Å². The summed E-state index contributed by atoms with van der Waals surface area (Å²) in [5, 5.41) is 9.96. The summed E-state index contributed by atoms with van der Waals surface area (Å²) in [4.78, 5) is 24.8. The number of rotatable bonds is 3. The van der Waals surface area contributed by atoms with E-state index >= 15 is 0 Å². The molecule has 0 spiro atoms. The van der Waals surface area contributed by atoms with E-state index in [1.54, 1.807) is 9.48 Å². The molecular weight excluding hydrogens is 296 g/mol. The number of carbonyl (C=O) groups excluding carboxylic acids is 1. The molecule has 0 aliphatic carbocycles. The number of aliphatic carboxylic acids is 1.